The number of carbonyl (C=O) groups excluding carboxylic acids is 4. The summed E-state index contributed by atoms with van der Waals surface area (Å²) in [6, 6.07) is 0. The summed E-state index contributed by atoms with van der Waals surface area (Å²) >= 11 is 0. The van der Waals surface area contributed by atoms with Crippen LogP contribution < -0.4 is 16.0 Å². The van der Waals surface area contributed by atoms with Crippen molar-refractivity contribution in [3.63, 3.8) is 0 Å². The van der Waals surface area contributed by atoms with Gasteiger partial charge in [-0.15, -0.1) is 0 Å². The molecule has 0 aromatic carbocycles. The first-order valence-corrected chi connectivity index (χ1v) is 48.8. The third kappa shape index (κ3) is 66.5. The van der Waals surface area contributed by atoms with Crippen molar-refractivity contribution in [1.82, 2.24) is 25.8 Å². The Morgan fingerprint density at radius 2 is 0.333 bits per heavy atom. The number of hydrogen-bond donors (Lipinski definition) is 3. The van der Waals surface area contributed by atoms with Gasteiger partial charge in [0.25, 0.3) is 0 Å². The van der Waals surface area contributed by atoms with Crippen LogP contribution in [0, 0.1) is 11.8 Å². The van der Waals surface area contributed by atoms with Crippen molar-refractivity contribution in [2.45, 2.75) is 528 Å². The summed E-state index contributed by atoms with van der Waals surface area (Å²) in [7, 11) is 0. The van der Waals surface area contributed by atoms with Crippen LogP contribution in [0.4, 0.5) is 0 Å². The Balaban J connectivity index is 1.22. The quantitative estimate of drug-likeness (QED) is 0.0411. The summed E-state index contributed by atoms with van der Waals surface area (Å²) in [5, 5.41) is 10.2. The number of unbranched alkanes of at least 4 members (excludes halogenated alkanes) is 74. The maximum atomic E-state index is 13.1. The molecular formula is C96H187N5O4. The lowest BCUT2D eigenvalue weighted by atomic mass is 9.98. The molecule has 2 aliphatic rings. The second-order valence-electron chi connectivity index (χ2n) is 34.6. The molecular weight excluding hydrogens is 1290 g/mol. The minimum absolute atomic E-state index is 0.00619. The fourth-order valence-electron chi connectivity index (χ4n) is 17.2. The summed E-state index contributed by atoms with van der Waals surface area (Å²) in [4.78, 5) is 54.6. The van der Waals surface area contributed by atoms with Gasteiger partial charge in [-0.3, -0.25) is 29.0 Å². The molecule has 0 aliphatic carbocycles. The van der Waals surface area contributed by atoms with Crippen molar-refractivity contribution in [3.05, 3.63) is 0 Å². The van der Waals surface area contributed by atoms with E-state index in [1.807, 2.05) is 0 Å². The maximum Gasteiger partial charge on any atom is 0.232 e. The van der Waals surface area contributed by atoms with E-state index in [0.717, 1.165) is 51.9 Å². The van der Waals surface area contributed by atoms with Gasteiger partial charge in [-0.1, -0.05) is 502 Å². The molecule has 105 heavy (non-hydrogen) atoms. The second kappa shape index (κ2) is 81.6. The molecule has 0 aromatic heterocycles. The van der Waals surface area contributed by atoms with E-state index in [0.29, 0.717) is 39.0 Å². The lowest BCUT2D eigenvalue weighted by Crippen LogP contribution is -2.40. The highest BCUT2D eigenvalue weighted by atomic mass is 16.2. The van der Waals surface area contributed by atoms with Crippen LogP contribution in [-0.4, -0.2) is 85.8 Å². The third-order valence-corrected chi connectivity index (χ3v) is 24.5. The fraction of sp³-hybridized carbons (Fsp3) is 0.958. The fourth-order valence-corrected chi connectivity index (χ4v) is 17.2. The third-order valence-electron chi connectivity index (χ3n) is 24.5. The van der Waals surface area contributed by atoms with Gasteiger partial charge in [0.05, 0.1) is 0 Å². The van der Waals surface area contributed by atoms with E-state index in [1.54, 1.807) is 0 Å². The number of imide groups is 2. The zero-order valence-corrected chi connectivity index (χ0v) is 71.4. The number of hydrogen-bond acceptors (Lipinski definition) is 7. The lowest BCUT2D eigenvalue weighted by Gasteiger charge is -2.16. The van der Waals surface area contributed by atoms with Gasteiger partial charge in [-0.2, -0.15) is 0 Å². The Bertz CT molecular complexity index is 1810. The van der Waals surface area contributed by atoms with E-state index < -0.39 is 0 Å². The number of nitrogens with one attached hydrogen (secondary N) is 3. The van der Waals surface area contributed by atoms with Gasteiger partial charge in [-0.05, 0) is 12.8 Å². The zero-order chi connectivity index (χ0) is 75.0. The number of rotatable bonds is 90. The molecule has 9 nitrogen and oxygen atoms in total. The molecule has 9 heteroatoms. The highest BCUT2D eigenvalue weighted by Crippen LogP contribution is 2.28. The van der Waals surface area contributed by atoms with Crippen molar-refractivity contribution in [2.24, 2.45) is 11.8 Å². The summed E-state index contributed by atoms with van der Waals surface area (Å²) in [5.74, 6) is -0.193. The van der Waals surface area contributed by atoms with Crippen molar-refractivity contribution in [3.8, 4) is 0 Å². The lowest BCUT2D eigenvalue weighted by molar-refractivity contribution is -0.140. The molecule has 2 atom stereocenters. The largest absolute Gasteiger partial charge is 0.314 e. The standard InChI is InChI=1S/C96H187N5O4/c1-3-5-7-9-11-13-15-17-19-21-23-25-27-29-31-33-35-37-39-41-42-43-44-46-48-50-52-54-56-58-60-62-64-66-68-70-72-74-76-78-80-92-90-94(103)101(96(92)105)88-86-99-84-82-97-81-83-98-85-87-100-93(102)89-91(95(100)104)79-77-75-73-71-69-67-65-63-61-59-57-55-53-51-49-47-45-40-38-36-34-32-30-28-26-24-22-20-18-16-14-12-10-8-6-4-2/h91-92,97-99H,3-90H2,1-2H3. The predicted molar refractivity (Wildman–Crippen MR) is 460 cm³/mol. The van der Waals surface area contributed by atoms with Crippen molar-refractivity contribution in [1.29, 1.82) is 0 Å². The van der Waals surface area contributed by atoms with Crippen LogP contribution in [0.2, 0.25) is 0 Å². The zero-order valence-electron chi connectivity index (χ0n) is 71.4. The molecule has 2 unspecified atom stereocenters. The first-order valence-electron chi connectivity index (χ1n) is 48.8. The van der Waals surface area contributed by atoms with Gasteiger partial charge < -0.3 is 16.0 Å². The topological polar surface area (TPSA) is 111 Å². The molecule has 3 N–H and O–H groups in total. The van der Waals surface area contributed by atoms with E-state index in [4.69, 9.17) is 0 Å². The van der Waals surface area contributed by atoms with E-state index in [-0.39, 0.29) is 35.5 Å². The average Bonchev–Trinajstić information content (AvgIpc) is 1.71. The van der Waals surface area contributed by atoms with E-state index in [2.05, 4.69) is 29.8 Å². The van der Waals surface area contributed by atoms with Crippen LogP contribution in [0.1, 0.15) is 528 Å². The highest BCUT2D eigenvalue weighted by Gasteiger charge is 2.38. The van der Waals surface area contributed by atoms with Gasteiger partial charge in [0.2, 0.25) is 23.6 Å². The number of likely N-dealkylation sites (tertiary alicyclic amines) is 2. The number of nitrogens with zero attached hydrogens (tertiary/aromatic N) is 2. The molecule has 0 spiro atoms. The van der Waals surface area contributed by atoms with Crippen molar-refractivity contribution >= 4 is 23.6 Å². The minimum Gasteiger partial charge on any atom is -0.314 e. The number of amides is 4. The summed E-state index contributed by atoms with van der Waals surface area (Å²) in [6.45, 7) is 9.84. The normalized spacial score (nSPS) is 14.9. The molecule has 2 saturated heterocycles. The van der Waals surface area contributed by atoms with E-state index in [1.165, 1.54) is 485 Å². The van der Waals surface area contributed by atoms with Crippen LogP contribution in [0.5, 0.6) is 0 Å². The van der Waals surface area contributed by atoms with Gasteiger partial charge in [0, 0.05) is 77.0 Å². The molecule has 0 aromatic rings. The predicted octanol–water partition coefficient (Wildman–Crippen LogP) is 29.0. The molecule has 0 bridgehead atoms. The molecule has 2 rings (SSSR count). The smallest absolute Gasteiger partial charge is 0.232 e. The Labute approximate surface area is 656 Å². The monoisotopic (exact) mass is 1470 g/mol. The van der Waals surface area contributed by atoms with Gasteiger partial charge >= 0.3 is 0 Å². The van der Waals surface area contributed by atoms with Crippen LogP contribution in [0.15, 0.2) is 0 Å². The first-order chi connectivity index (χ1) is 52.0. The van der Waals surface area contributed by atoms with Crippen molar-refractivity contribution in [2.75, 3.05) is 52.4 Å². The summed E-state index contributed by atoms with van der Waals surface area (Å²) in [5.41, 5.74) is 0. The highest BCUT2D eigenvalue weighted by molar-refractivity contribution is 6.04. The SMILES string of the molecule is CCCCCCCCCCCCCCCCCCCCCCCCCCCCCCCCCCCCCCCCCCC1CC(=O)N(CCNCCNCCNCCN2C(=O)CC(CCCCCCCCCCCCCCCCCCCCCCCCCCCCCCCCCCCCCC)C2=O)C1=O. The second-order valence-corrected chi connectivity index (χ2v) is 34.6. The Kier molecular flexibility index (Phi) is 77.2. The van der Waals surface area contributed by atoms with Crippen LogP contribution >= 0.6 is 0 Å². The van der Waals surface area contributed by atoms with Gasteiger partial charge in [0.1, 0.15) is 0 Å². The van der Waals surface area contributed by atoms with Crippen molar-refractivity contribution < 1.29 is 19.2 Å². The molecule has 0 saturated carbocycles. The molecule has 2 heterocycles. The van der Waals surface area contributed by atoms with Gasteiger partial charge in [0.15, 0.2) is 0 Å². The molecule has 620 valence electrons. The van der Waals surface area contributed by atoms with Crippen LogP contribution in [0.3, 0.4) is 0 Å². The van der Waals surface area contributed by atoms with E-state index in [9.17, 15) is 19.2 Å². The molecule has 2 fully saturated rings. The Morgan fingerprint density at radius 3 is 0.486 bits per heavy atom. The summed E-state index contributed by atoms with van der Waals surface area (Å²) < 4.78 is 0. The first kappa shape index (κ1) is 99.2. The molecule has 0 radical (unpaired) electrons. The van der Waals surface area contributed by atoms with E-state index >= 15 is 0 Å². The van der Waals surface area contributed by atoms with Crippen LogP contribution in [-0.2, 0) is 19.2 Å². The number of carbonyl (C=O) groups is 4. The van der Waals surface area contributed by atoms with Crippen LogP contribution in [0.25, 0.3) is 0 Å². The summed E-state index contributed by atoms with van der Waals surface area (Å²) in [6.07, 6.45) is 110. The van der Waals surface area contributed by atoms with Gasteiger partial charge in [-0.25, -0.2) is 0 Å². The molecule has 4 amide bonds. The maximum absolute atomic E-state index is 13.1. The molecule has 2 aliphatic heterocycles. The average molecular weight is 1480 g/mol. The Morgan fingerprint density at radius 1 is 0.200 bits per heavy atom. The Hall–Kier alpha value is -1.84. The minimum atomic E-state index is -0.125.